The van der Waals surface area contributed by atoms with Crippen LogP contribution in [0.5, 0.6) is 5.88 Å². The van der Waals surface area contributed by atoms with Gasteiger partial charge in [0.25, 0.3) is 0 Å². The van der Waals surface area contributed by atoms with Gasteiger partial charge < -0.3 is 14.8 Å². The fourth-order valence-corrected chi connectivity index (χ4v) is 3.73. The summed E-state index contributed by atoms with van der Waals surface area (Å²) in [5.74, 6) is 0.422. The Labute approximate surface area is 173 Å². The van der Waals surface area contributed by atoms with E-state index >= 15 is 0 Å². The second kappa shape index (κ2) is 8.49. The van der Waals surface area contributed by atoms with Crippen LogP contribution >= 0.6 is 11.6 Å². The van der Waals surface area contributed by atoms with E-state index in [1.807, 2.05) is 6.92 Å². The van der Waals surface area contributed by atoms with Crippen LogP contribution in [0.4, 0.5) is 10.2 Å². The summed E-state index contributed by atoms with van der Waals surface area (Å²) >= 11 is 6.29. The van der Waals surface area contributed by atoms with E-state index in [9.17, 15) is 4.39 Å². The summed E-state index contributed by atoms with van der Waals surface area (Å²) < 4.78 is 25.1. The number of halogens is 2. The number of nitrogens with zero attached hydrogens (tertiary/aromatic N) is 4. The van der Waals surface area contributed by atoms with Gasteiger partial charge in [-0.2, -0.15) is 14.6 Å². The highest BCUT2D eigenvalue weighted by Gasteiger charge is 2.25. The quantitative estimate of drug-likeness (QED) is 0.571. The van der Waals surface area contributed by atoms with Crippen LogP contribution in [-0.2, 0) is 24.2 Å². The van der Waals surface area contributed by atoms with Crippen molar-refractivity contribution in [3.05, 3.63) is 45.5 Å². The lowest BCUT2D eigenvalue weighted by molar-refractivity contribution is -0.0815. The van der Waals surface area contributed by atoms with Crippen molar-refractivity contribution in [3.8, 4) is 11.9 Å². The van der Waals surface area contributed by atoms with Crippen LogP contribution in [0.2, 0.25) is 5.15 Å². The SMILES string of the molecule is Cc1c(Cl)nc(NCC#N)c2c1CN(Cc1ccc(OC3COC3)nc1F)CC2. The molecule has 0 radical (unpaired) electrons. The van der Waals surface area contributed by atoms with Crippen LogP contribution in [0.15, 0.2) is 12.1 Å². The lowest BCUT2D eigenvalue weighted by atomic mass is 9.96. The molecule has 0 bridgehead atoms. The molecule has 7 nitrogen and oxygen atoms in total. The first kappa shape index (κ1) is 19.8. The molecule has 2 aliphatic rings. The molecule has 4 rings (SSSR count). The normalized spacial score (nSPS) is 16.6. The van der Waals surface area contributed by atoms with Gasteiger partial charge in [-0.15, -0.1) is 0 Å². The highest BCUT2D eigenvalue weighted by atomic mass is 35.5. The summed E-state index contributed by atoms with van der Waals surface area (Å²) in [6.45, 7) is 4.94. The minimum absolute atomic E-state index is 0.0449. The zero-order valence-electron chi connectivity index (χ0n) is 16.0. The second-order valence-electron chi connectivity index (χ2n) is 7.18. The topological polar surface area (TPSA) is 83.3 Å². The Balaban J connectivity index is 1.48. The third-order valence-electron chi connectivity index (χ3n) is 5.21. The number of hydrogen-bond donors (Lipinski definition) is 1. The molecule has 29 heavy (non-hydrogen) atoms. The van der Waals surface area contributed by atoms with Gasteiger partial charge in [0.15, 0.2) is 0 Å². The van der Waals surface area contributed by atoms with Gasteiger partial charge in [0.2, 0.25) is 11.8 Å². The van der Waals surface area contributed by atoms with Crippen molar-refractivity contribution < 1.29 is 13.9 Å². The number of rotatable bonds is 6. The van der Waals surface area contributed by atoms with Crippen molar-refractivity contribution in [2.45, 2.75) is 32.5 Å². The molecule has 152 valence electrons. The van der Waals surface area contributed by atoms with Crippen LogP contribution in [-0.4, -0.2) is 47.3 Å². The van der Waals surface area contributed by atoms with Crippen molar-refractivity contribution in [3.63, 3.8) is 0 Å². The number of nitrogens with one attached hydrogen (secondary N) is 1. The van der Waals surface area contributed by atoms with E-state index in [2.05, 4.69) is 26.3 Å². The Bertz CT molecular complexity index is 961. The number of hydrogen-bond acceptors (Lipinski definition) is 7. The molecule has 1 fully saturated rings. The zero-order valence-corrected chi connectivity index (χ0v) is 16.8. The van der Waals surface area contributed by atoms with Gasteiger partial charge in [0.1, 0.15) is 23.6 Å². The summed E-state index contributed by atoms with van der Waals surface area (Å²) in [7, 11) is 0. The molecule has 1 N–H and O–H groups in total. The van der Waals surface area contributed by atoms with Gasteiger partial charge in [-0.05, 0) is 30.5 Å². The summed E-state index contributed by atoms with van der Waals surface area (Å²) in [4.78, 5) is 10.5. The molecule has 0 saturated carbocycles. The van der Waals surface area contributed by atoms with Crippen LogP contribution < -0.4 is 10.1 Å². The highest BCUT2D eigenvalue weighted by Crippen LogP contribution is 2.32. The molecule has 0 aromatic carbocycles. The maximum absolute atomic E-state index is 14.5. The summed E-state index contributed by atoms with van der Waals surface area (Å²) in [6, 6.07) is 5.48. The first-order chi connectivity index (χ1) is 14.0. The average Bonchev–Trinajstić information content (AvgIpc) is 2.68. The summed E-state index contributed by atoms with van der Waals surface area (Å²) in [5.41, 5.74) is 3.59. The van der Waals surface area contributed by atoms with Gasteiger partial charge >= 0.3 is 0 Å². The predicted molar refractivity (Wildman–Crippen MR) is 105 cm³/mol. The van der Waals surface area contributed by atoms with Crippen molar-refractivity contribution in [1.82, 2.24) is 14.9 Å². The maximum Gasteiger partial charge on any atom is 0.220 e. The van der Waals surface area contributed by atoms with E-state index in [4.69, 9.17) is 26.3 Å². The molecular formula is C20H21ClFN5O2. The minimum Gasteiger partial charge on any atom is -0.469 e. The standard InChI is InChI=1S/C20H21ClFN5O2/c1-12-16-9-27(7-4-15(16)20(24-6-5-23)26-18(12)21)8-13-2-3-17(25-19(13)22)29-14-10-28-11-14/h2-3,14H,4,6-11H2,1H3,(H,24,26). The fraction of sp³-hybridized carbons (Fsp3) is 0.450. The summed E-state index contributed by atoms with van der Waals surface area (Å²) in [5, 5.41) is 12.3. The van der Waals surface area contributed by atoms with Gasteiger partial charge in [-0.25, -0.2) is 4.98 Å². The van der Waals surface area contributed by atoms with E-state index in [0.29, 0.717) is 42.8 Å². The fourth-order valence-electron chi connectivity index (χ4n) is 3.53. The van der Waals surface area contributed by atoms with Crippen LogP contribution in [0.1, 0.15) is 22.3 Å². The molecule has 0 amide bonds. The Hall–Kier alpha value is -2.47. The number of ether oxygens (including phenoxy) is 2. The first-order valence-corrected chi connectivity index (χ1v) is 9.83. The minimum atomic E-state index is -0.519. The molecule has 9 heteroatoms. The van der Waals surface area contributed by atoms with Gasteiger partial charge in [-0.3, -0.25) is 4.90 Å². The van der Waals surface area contributed by atoms with Crippen molar-refractivity contribution in [2.24, 2.45) is 0 Å². The van der Waals surface area contributed by atoms with E-state index in [1.54, 1.807) is 12.1 Å². The molecule has 0 spiro atoms. The molecule has 2 aromatic rings. The number of nitriles is 1. The Morgan fingerprint density at radius 2 is 2.21 bits per heavy atom. The van der Waals surface area contributed by atoms with Crippen LogP contribution in [0, 0.1) is 24.2 Å². The van der Waals surface area contributed by atoms with E-state index < -0.39 is 5.95 Å². The average molecular weight is 418 g/mol. The third kappa shape index (κ3) is 4.27. The first-order valence-electron chi connectivity index (χ1n) is 9.46. The predicted octanol–water partition coefficient (Wildman–Crippen LogP) is 2.85. The molecule has 4 heterocycles. The van der Waals surface area contributed by atoms with Crippen LogP contribution in [0.25, 0.3) is 0 Å². The van der Waals surface area contributed by atoms with E-state index in [1.165, 1.54) is 0 Å². The molecular weight excluding hydrogens is 397 g/mol. The highest BCUT2D eigenvalue weighted by molar-refractivity contribution is 6.30. The Morgan fingerprint density at radius 1 is 1.38 bits per heavy atom. The van der Waals surface area contributed by atoms with E-state index in [-0.39, 0.29) is 18.5 Å². The van der Waals surface area contributed by atoms with Crippen LogP contribution in [0.3, 0.4) is 0 Å². The number of pyridine rings is 2. The third-order valence-corrected chi connectivity index (χ3v) is 5.57. The van der Waals surface area contributed by atoms with Gasteiger partial charge in [0, 0.05) is 36.8 Å². The molecule has 0 aliphatic carbocycles. The van der Waals surface area contributed by atoms with E-state index in [0.717, 1.165) is 29.7 Å². The maximum atomic E-state index is 14.5. The molecule has 2 aromatic heterocycles. The zero-order chi connectivity index (χ0) is 20.4. The van der Waals surface area contributed by atoms with Crippen molar-refractivity contribution in [1.29, 1.82) is 5.26 Å². The smallest absolute Gasteiger partial charge is 0.220 e. The second-order valence-corrected chi connectivity index (χ2v) is 7.54. The molecule has 0 unspecified atom stereocenters. The monoisotopic (exact) mass is 417 g/mol. The van der Waals surface area contributed by atoms with Gasteiger partial charge in [-0.1, -0.05) is 11.6 Å². The number of fused-ring (bicyclic) bond motifs is 1. The molecule has 0 atom stereocenters. The Morgan fingerprint density at radius 3 is 2.90 bits per heavy atom. The molecule has 1 saturated heterocycles. The lowest BCUT2D eigenvalue weighted by Gasteiger charge is -2.31. The molecule has 2 aliphatic heterocycles. The largest absolute Gasteiger partial charge is 0.469 e. The van der Waals surface area contributed by atoms with Crippen molar-refractivity contribution >= 4 is 17.4 Å². The lowest BCUT2D eigenvalue weighted by Crippen LogP contribution is -2.38. The van der Waals surface area contributed by atoms with Crippen molar-refractivity contribution in [2.75, 3.05) is 31.6 Å². The van der Waals surface area contributed by atoms with Gasteiger partial charge in [0.05, 0.1) is 19.3 Å². The number of anilines is 1. The number of aromatic nitrogens is 2. The Kier molecular flexibility index (Phi) is 5.81. The summed E-state index contributed by atoms with van der Waals surface area (Å²) in [6.07, 6.45) is 0.697.